The molecule has 1 heterocycles. The van der Waals surface area contributed by atoms with Crippen LogP contribution in [-0.4, -0.2) is 54.8 Å². The van der Waals surface area contributed by atoms with E-state index in [1.807, 2.05) is 11.9 Å². The summed E-state index contributed by atoms with van der Waals surface area (Å²) in [6, 6.07) is 5.44. The van der Waals surface area contributed by atoms with Crippen molar-refractivity contribution in [1.82, 2.24) is 9.62 Å². The molecule has 0 aliphatic carbocycles. The number of nitroso groups, excluding NO2 is 1. The lowest BCUT2D eigenvalue weighted by Gasteiger charge is -2.48. The zero-order chi connectivity index (χ0) is 20.3. The van der Waals surface area contributed by atoms with Crippen LogP contribution in [0.3, 0.4) is 0 Å². The number of halogens is 1. The van der Waals surface area contributed by atoms with Gasteiger partial charge < -0.3 is 10.0 Å². The Balaban J connectivity index is 2.53. The number of carboxylic acids is 1. The van der Waals surface area contributed by atoms with E-state index in [1.165, 1.54) is 24.3 Å². The van der Waals surface area contributed by atoms with Crippen LogP contribution in [0.25, 0.3) is 0 Å². The van der Waals surface area contributed by atoms with E-state index in [2.05, 4.69) is 9.30 Å². The second kappa shape index (κ2) is 8.44. The first-order valence-corrected chi connectivity index (χ1v) is 11.0. The molecule has 1 unspecified atom stereocenters. The number of rotatable bonds is 8. The van der Waals surface area contributed by atoms with Gasteiger partial charge in [0.05, 0.1) is 9.64 Å². The first-order chi connectivity index (χ1) is 12.6. The SMILES string of the molecule is CCC(NS(=O)(=O)c1ccc(Cl)cc1)(C(=O)O)C1(SN=O)CCN(C)CC1. The first-order valence-electron chi connectivity index (χ1n) is 8.35. The van der Waals surface area contributed by atoms with Crippen molar-refractivity contribution < 1.29 is 18.3 Å². The smallest absolute Gasteiger partial charge is 0.326 e. The fourth-order valence-corrected chi connectivity index (χ4v) is 6.06. The lowest BCUT2D eigenvalue weighted by molar-refractivity contribution is -0.146. The molecule has 27 heavy (non-hydrogen) atoms. The Morgan fingerprint density at radius 1 is 1.37 bits per heavy atom. The van der Waals surface area contributed by atoms with Crippen LogP contribution in [0.4, 0.5) is 0 Å². The third kappa shape index (κ3) is 4.29. The molecule has 1 atom stereocenters. The van der Waals surface area contributed by atoms with Gasteiger partial charge in [0.1, 0.15) is 5.54 Å². The second-order valence-corrected chi connectivity index (χ2v) is 9.82. The Morgan fingerprint density at radius 3 is 2.37 bits per heavy atom. The molecule has 1 aliphatic rings. The number of likely N-dealkylation sites (tertiary alicyclic amines) is 1. The van der Waals surface area contributed by atoms with Gasteiger partial charge in [-0.05, 0) is 63.7 Å². The number of hydrogen-bond acceptors (Lipinski definition) is 7. The molecule has 0 spiro atoms. The zero-order valence-electron chi connectivity index (χ0n) is 15.0. The van der Waals surface area contributed by atoms with Crippen LogP contribution in [0.2, 0.25) is 5.02 Å². The van der Waals surface area contributed by atoms with Crippen LogP contribution in [-0.2, 0) is 14.8 Å². The lowest BCUT2D eigenvalue weighted by Crippen LogP contribution is -2.69. The van der Waals surface area contributed by atoms with Gasteiger partial charge in [-0.1, -0.05) is 18.5 Å². The second-order valence-electron chi connectivity index (χ2n) is 6.59. The monoisotopic (exact) mass is 435 g/mol. The van der Waals surface area contributed by atoms with Gasteiger partial charge in [-0.25, -0.2) is 8.42 Å². The summed E-state index contributed by atoms with van der Waals surface area (Å²) in [4.78, 5) is 25.4. The Kier molecular flexibility index (Phi) is 6.91. The fraction of sp³-hybridized carbons (Fsp3) is 0.562. The molecular weight excluding hydrogens is 414 g/mol. The van der Waals surface area contributed by atoms with Crippen molar-refractivity contribution in [2.45, 2.75) is 41.4 Å². The fourth-order valence-electron chi connectivity index (χ4n) is 3.43. The highest BCUT2D eigenvalue weighted by Gasteiger charge is 2.59. The van der Waals surface area contributed by atoms with Crippen molar-refractivity contribution in [2.75, 3.05) is 20.1 Å². The highest BCUT2D eigenvalue weighted by Crippen LogP contribution is 2.47. The van der Waals surface area contributed by atoms with Crippen LogP contribution >= 0.6 is 23.5 Å². The Morgan fingerprint density at radius 2 is 1.93 bits per heavy atom. The highest BCUT2D eigenvalue weighted by atomic mass is 35.5. The maximum atomic E-state index is 12.9. The van der Waals surface area contributed by atoms with E-state index in [1.54, 1.807) is 6.92 Å². The van der Waals surface area contributed by atoms with Gasteiger partial charge in [0.15, 0.2) is 0 Å². The number of nitrogens with one attached hydrogen (secondary N) is 1. The van der Waals surface area contributed by atoms with Crippen LogP contribution < -0.4 is 4.72 Å². The minimum absolute atomic E-state index is 0.0403. The molecular formula is C16H22ClN3O5S2. The van der Waals surface area contributed by atoms with Gasteiger partial charge in [0.2, 0.25) is 10.0 Å². The van der Waals surface area contributed by atoms with Crippen molar-refractivity contribution in [3.63, 3.8) is 0 Å². The van der Waals surface area contributed by atoms with Crippen molar-refractivity contribution in [3.05, 3.63) is 34.2 Å². The molecule has 0 saturated carbocycles. The van der Waals surface area contributed by atoms with Crippen molar-refractivity contribution in [2.24, 2.45) is 4.58 Å². The van der Waals surface area contributed by atoms with E-state index in [9.17, 15) is 23.2 Å². The average Bonchev–Trinajstić information content (AvgIpc) is 2.62. The summed E-state index contributed by atoms with van der Waals surface area (Å²) in [5, 5.41) is 10.4. The molecule has 2 rings (SSSR count). The summed E-state index contributed by atoms with van der Waals surface area (Å²) in [6.07, 6.45) is 0.577. The van der Waals surface area contributed by atoms with Gasteiger partial charge in [-0.15, -0.1) is 4.91 Å². The zero-order valence-corrected chi connectivity index (χ0v) is 17.4. The van der Waals surface area contributed by atoms with Crippen molar-refractivity contribution in [1.29, 1.82) is 0 Å². The number of aliphatic carboxylic acids is 1. The van der Waals surface area contributed by atoms with Gasteiger partial charge >= 0.3 is 5.97 Å². The minimum atomic E-state index is -4.17. The van der Waals surface area contributed by atoms with Crippen LogP contribution in [0.5, 0.6) is 0 Å². The lowest BCUT2D eigenvalue weighted by atomic mass is 9.75. The summed E-state index contributed by atoms with van der Waals surface area (Å²) >= 11 is 6.42. The molecule has 1 fully saturated rings. The molecule has 2 N–H and O–H groups in total. The Bertz CT molecular complexity index is 795. The molecule has 1 aliphatic heterocycles. The van der Waals surface area contributed by atoms with Crippen molar-refractivity contribution >= 4 is 39.5 Å². The molecule has 1 aromatic carbocycles. The number of carboxylic acid groups (broad SMARTS) is 1. The standard InChI is InChI=1S/C16H22ClN3O5S2/c1-3-16(14(21)22,15(26-19-23)8-10-20(2)11-9-15)18-27(24,25)13-6-4-12(17)5-7-13/h4-7,18H,3,8-11H2,1-2H3,(H,21,22). The predicted molar refractivity (Wildman–Crippen MR) is 105 cm³/mol. The van der Waals surface area contributed by atoms with Gasteiger partial charge in [0.25, 0.3) is 0 Å². The molecule has 1 saturated heterocycles. The maximum Gasteiger partial charge on any atom is 0.326 e. The maximum absolute atomic E-state index is 12.9. The van der Waals surface area contributed by atoms with Crippen LogP contribution in [0, 0.1) is 4.91 Å². The summed E-state index contributed by atoms with van der Waals surface area (Å²) in [5.41, 5.74) is -1.88. The number of nitrogens with zero attached hydrogens (tertiary/aromatic N) is 2. The van der Waals surface area contributed by atoms with E-state index in [0.29, 0.717) is 42.9 Å². The third-order valence-electron chi connectivity index (χ3n) is 5.11. The Labute approximate surface area is 167 Å². The van der Waals surface area contributed by atoms with Crippen LogP contribution in [0.15, 0.2) is 33.7 Å². The molecule has 0 aromatic heterocycles. The van der Waals surface area contributed by atoms with E-state index in [4.69, 9.17) is 11.6 Å². The minimum Gasteiger partial charge on any atom is -0.480 e. The van der Waals surface area contributed by atoms with Crippen molar-refractivity contribution in [3.8, 4) is 0 Å². The number of carbonyl (C=O) groups is 1. The largest absolute Gasteiger partial charge is 0.480 e. The third-order valence-corrected chi connectivity index (χ3v) is 8.06. The summed E-state index contributed by atoms with van der Waals surface area (Å²) < 4.78 is 30.0. The molecule has 0 radical (unpaired) electrons. The number of hydrogen-bond donors (Lipinski definition) is 2. The van der Waals surface area contributed by atoms with Gasteiger partial charge in [-0.3, -0.25) is 4.79 Å². The van der Waals surface area contributed by atoms with E-state index in [-0.39, 0.29) is 11.3 Å². The van der Waals surface area contributed by atoms with Crippen LogP contribution in [0.1, 0.15) is 26.2 Å². The molecule has 11 heteroatoms. The molecule has 0 bridgehead atoms. The van der Waals surface area contributed by atoms with Gasteiger partial charge in [-0.2, -0.15) is 4.72 Å². The summed E-state index contributed by atoms with van der Waals surface area (Å²) in [7, 11) is -2.29. The van der Waals surface area contributed by atoms with E-state index >= 15 is 0 Å². The molecule has 8 nitrogen and oxygen atoms in total. The quantitative estimate of drug-likeness (QED) is 0.476. The first kappa shape index (κ1) is 22.1. The van der Waals surface area contributed by atoms with Gasteiger partial charge in [0, 0.05) is 21.6 Å². The number of benzene rings is 1. The topological polar surface area (TPSA) is 116 Å². The molecule has 0 amide bonds. The number of sulfonamides is 1. The average molecular weight is 436 g/mol. The predicted octanol–water partition coefficient (Wildman–Crippen LogP) is 2.73. The normalized spacial score (nSPS) is 20.0. The van der Waals surface area contributed by atoms with E-state index in [0.717, 1.165) is 0 Å². The van der Waals surface area contributed by atoms with E-state index < -0.39 is 26.3 Å². The number of piperidine rings is 1. The Hall–Kier alpha value is -1.20. The summed E-state index contributed by atoms with van der Waals surface area (Å²) in [5.74, 6) is -1.33. The molecule has 1 aromatic rings. The highest BCUT2D eigenvalue weighted by molar-refractivity contribution is 7.99. The molecule has 150 valence electrons. The summed E-state index contributed by atoms with van der Waals surface area (Å²) in [6.45, 7) is 2.64.